The highest BCUT2D eigenvalue weighted by molar-refractivity contribution is 5.94. The van der Waals surface area contributed by atoms with E-state index >= 15 is 0 Å². The third kappa shape index (κ3) is 5.25. The molecule has 148 valence electrons. The molecular weight excluding hydrogens is 356 g/mol. The molecule has 6 heteroatoms. The van der Waals surface area contributed by atoms with Gasteiger partial charge in [-0.1, -0.05) is 18.2 Å². The van der Waals surface area contributed by atoms with Gasteiger partial charge in [0.25, 0.3) is 5.91 Å². The van der Waals surface area contributed by atoms with Crippen molar-refractivity contribution in [2.45, 2.75) is 32.8 Å². The Morgan fingerprint density at radius 1 is 1.11 bits per heavy atom. The molecular formula is C22H26N2O4. The molecule has 1 fully saturated rings. The fourth-order valence-electron chi connectivity index (χ4n) is 3.15. The van der Waals surface area contributed by atoms with E-state index < -0.39 is 12.1 Å². The minimum Gasteiger partial charge on any atom is -0.479 e. The predicted molar refractivity (Wildman–Crippen MR) is 109 cm³/mol. The van der Waals surface area contributed by atoms with Gasteiger partial charge in [-0.05, 0) is 62.6 Å². The van der Waals surface area contributed by atoms with Crippen LogP contribution in [-0.2, 0) is 14.3 Å². The Morgan fingerprint density at radius 2 is 1.82 bits per heavy atom. The van der Waals surface area contributed by atoms with Crippen molar-refractivity contribution >= 4 is 23.3 Å². The first-order valence-electron chi connectivity index (χ1n) is 9.57. The van der Waals surface area contributed by atoms with Crippen molar-refractivity contribution in [2.75, 3.05) is 29.9 Å². The second-order valence-corrected chi connectivity index (χ2v) is 6.92. The molecule has 1 amide bonds. The van der Waals surface area contributed by atoms with Crippen LogP contribution in [0.4, 0.5) is 11.4 Å². The van der Waals surface area contributed by atoms with E-state index in [0.717, 1.165) is 24.3 Å². The first kappa shape index (κ1) is 19.7. The van der Waals surface area contributed by atoms with Gasteiger partial charge in [0.05, 0.1) is 0 Å². The topological polar surface area (TPSA) is 67.9 Å². The molecule has 0 bridgehead atoms. The van der Waals surface area contributed by atoms with Crippen molar-refractivity contribution in [1.82, 2.24) is 0 Å². The maximum absolute atomic E-state index is 12.2. The first-order valence-corrected chi connectivity index (χ1v) is 9.57. The van der Waals surface area contributed by atoms with E-state index in [1.165, 1.54) is 18.5 Å². The van der Waals surface area contributed by atoms with Gasteiger partial charge >= 0.3 is 5.97 Å². The maximum atomic E-state index is 12.2. The molecule has 3 rings (SSSR count). The summed E-state index contributed by atoms with van der Waals surface area (Å²) < 4.78 is 10.6. The number of nitrogens with one attached hydrogen (secondary N) is 1. The van der Waals surface area contributed by atoms with E-state index in [-0.39, 0.29) is 12.5 Å². The number of hydrogen-bond acceptors (Lipinski definition) is 5. The summed E-state index contributed by atoms with van der Waals surface area (Å²) in [7, 11) is 0. The predicted octanol–water partition coefficient (Wildman–Crippen LogP) is 3.54. The molecule has 1 aliphatic heterocycles. The smallest absolute Gasteiger partial charge is 0.347 e. The molecule has 1 saturated heterocycles. The lowest BCUT2D eigenvalue weighted by molar-refractivity contribution is -0.153. The van der Waals surface area contributed by atoms with Gasteiger partial charge in [0.1, 0.15) is 5.75 Å². The van der Waals surface area contributed by atoms with Crippen LogP contribution in [0.1, 0.15) is 25.3 Å². The van der Waals surface area contributed by atoms with Crippen LogP contribution in [-0.4, -0.2) is 37.7 Å². The van der Waals surface area contributed by atoms with Crippen molar-refractivity contribution in [1.29, 1.82) is 0 Å². The van der Waals surface area contributed by atoms with Crippen molar-refractivity contribution in [3.63, 3.8) is 0 Å². The maximum Gasteiger partial charge on any atom is 0.347 e. The van der Waals surface area contributed by atoms with Gasteiger partial charge in [-0.15, -0.1) is 0 Å². The van der Waals surface area contributed by atoms with Crippen LogP contribution >= 0.6 is 0 Å². The SMILES string of the molecule is Cc1cc(N2CCCC2)ccc1NC(=O)COC(=O)[C@@H](C)Oc1ccccc1. The van der Waals surface area contributed by atoms with Gasteiger partial charge in [0.15, 0.2) is 12.7 Å². The molecule has 2 aromatic rings. The lowest BCUT2D eigenvalue weighted by atomic mass is 10.1. The zero-order valence-corrected chi connectivity index (χ0v) is 16.3. The average Bonchev–Trinajstić information content (AvgIpc) is 3.23. The molecule has 0 spiro atoms. The highest BCUT2D eigenvalue weighted by Gasteiger charge is 2.18. The molecule has 0 aliphatic carbocycles. The lowest BCUT2D eigenvalue weighted by Crippen LogP contribution is -2.29. The van der Waals surface area contributed by atoms with Gasteiger partial charge in [0, 0.05) is 24.5 Å². The van der Waals surface area contributed by atoms with E-state index in [1.54, 1.807) is 19.1 Å². The summed E-state index contributed by atoms with van der Waals surface area (Å²) in [6.07, 6.45) is 1.64. The van der Waals surface area contributed by atoms with Crippen LogP contribution < -0.4 is 15.0 Å². The highest BCUT2D eigenvalue weighted by Crippen LogP contribution is 2.25. The molecule has 6 nitrogen and oxygen atoms in total. The van der Waals surface area contributed by atoms with Gasteiger partial charge in [-0.2, -0.15) is 0 Å². The molecule has 28 heavy (non-hydrogen) atoms. The zero-order valence-electron chi connectivity index (χ0n) is 16.3. The number of amides is 1. The number of ether oxygens (including phenoxy) is 2. The molecule has 0 radical (unpaired) electrons. The third-order valence-corrected chi connectivity index (χ3v) is 4.69. The number of carbonyl (C=O) groups excluding carboxylic acids is 2. The summed E-state index contributed by atoms with van der Waals surface area (Å²) in [5.74, 6) is -0.387. The highest BCUT2D eigenvalue weighted by atomic mass is 16.6. The largest absolute Gasteiger partial charge is 0.479 e. The molecule has 0 aromatic heterocycles. The number of anilines is 2. The van der Waals surface area contributed by atoms with E-state index in [1.807, 2.05) is 37.3 Å². The molecule has 0 saturated carbocycles. The lowest BCUT2D eigenvalue weighted by Gasteiger charge is -2.19. The number of para-hydroxylation sites is 1. The summed E-state index contributed by atoms with van der Waals surface area (Å²) in [5, 5.41) is 2.80. The average molecular weight is 382 g/mol. The summed E-state index contributed by atoms with van der Waals surface area (Å²) in [6, 6.07) is 15.0. The quantitative estimate of drug-likeness (QED) is 0.742. The number of carbonyl (C=O) groups is 2. The van der Waals surface area contributed by atoms with E-state index in [0.29, 0.717) is 5.75 Å². The number of esters is 1. The Kier molecular flexibility index (Phi) is 6.53. The van der Waals surface area contributed by atoms with Crippen LogP contribution in [0.15, 0.2) is 48.5 Å². The first-order chi connectivity index (χ1) is 13.5. The van der Waals surface area contributed by atoms with Gasteiger partial charge < -0.3 is 19.7 Å². The van der Waals surface area contributed by atoms with Gasteiger partial charge in [-0.25, -0.2) is 4.79 Å². The number of hydrogen-bond donors (Lipinski definition) is 1. The second kappa shape index (κ2) is 9.26. The van der Waals surface area contributed by atoms with Crippen molar-refractivity contribution in [2.24, 2.45) is 0 Å². The Hall–Kier alpha value is -3.02. The summed E-state index contributed by atoms with van der Waals surface area (Å²) >= 11 is 0. The Bertz CT molecular complexity index is 817. The fraction of sp³-hybridized carbons (Fsp3) is 0.364. The molecule has 0 unspecified atom stereocenters. The van der Waals surface area contributed by atoms with Gasteiger partial charge in [-0.3, -0.25) is 4.79 Å². The number of rotatable bonds is 7. The number of nitrogens with zero attached hydrogens (tertiary/aromatic N) is 1. The number of benzene rings is 2. The normalized spacial score (nSPS) is 14.4. The Balaban J connectivity index is 1.47. The Morgan fingerprint density at radius 3 is 2.50 bits per heavy atom. The van der Waals surface area contributed by atoms with E-state index in [4.69, 9.17) is 9.47 Å². The van der Waals surface area contributed by atoms with Gasteiger partial charge in [0.2, 0.25) is 0 Å². The van der Waals surface area contributed by atoms with Crippen molar-refractivity contribution in [3.05, 3.63) is 54.1 Å². The van der Waals surface area contributed by atoms with E-state index in [9.17, 15) is 9.59 Å². The monoisotopic (exact) mass is 382 g/mol. The van der Waals surface area contributed by atoms with Crippen LogP contribution in [0.2, 0.25) is 0 Å². The minimum absolute atomic E-state index is 0.353. The van der Waals surface area contributed by atoms with Crippen LogP contribution in [0.25, 0.3) is 0 Å². The molecule has 2 aromatic carbocycles. The van der Waals surface area contributed by atoms with Crippen LogP contribution in [0, 0.1) is 6.92 Å². The van der Waals surface area contributed by atoms with Crippen LogP contribution in [0.5, 0.6) is 5.75 Å². The zero-order chi connectivity index (χ0) is 19.9. The van der Waals surface area contributed by atoms with Crippen LogP contribution in [0.3, 0.4) is 0 Å². The minimum atomic E-state index is -0.795. The van der Waals surface area contributed by atoms with E-state index in [2.05, 4.69) is 16.3 Å². The Labute approximate surface area is 165 Å². The third-order valence-electron chi connectivity index (χ3n) is 4.69. The summed E-state index contributed by atoms with van der Waals surface area (Å²) in [5.41, 5.74) is 2.87. The summed E-state index contributed by atoms with van der Waals surface area (Å²) in [6.45, 7) is 5.34. The van der Waals surface area contributed by atoms with Crippen molar-refractivity contribution in [3.8, 4) is 5.75 Å². The van der Waals surface area contributed by atoms with Crippen molar-refractivity contribution < 1.29 is 19.1 Å². The fourth-order valence-corrected chi connectivity index (χ4v) is 3.15. The molecule has 1 aliphatic rings. The molecule has 1 N–H and O–H groups in total. The second-order valence-electron chi connectivity index (χ2n) is 6.92. The number of aryl methyl sites for hydroxylation is 1. The molecule has 1 atom stereocenters. The standard InChI is InChI=1S/C22H26N2O4/c1-16-14-18(24-12-6-7-13-24)10-11-20(16)23-21(25)15-27-22(26)17(2)28-19-8-4-3-5-9-19/h3-5,8-11,14,17H,6-7,12-13,15H2,1-2H3,(H,23,25)/t17-/m1/s1. The summed E-state index contributed by atoms with van der Waals surface area (Å²) in [4.78, 5) is 26.5. The molecule has 1 heterocycles.